The molecule has 0 unspecified atom stereocenters. The van der Waals surface area contributed by atoms with Gasteiger partial charge in [0.05, 0.1) is 12.4 Å². The summed E-state index contributed by atoms with van der Waals surface area (Å²) >= 11 is 0. The molecule has 0 amide bonds. The van der Waals surface area contributed by atoms with Crippen LogP contribution < -0.4 is 0 Å². The Morgan fingerprint density at radius 3 is 1.55 bits per heavy atom. The number of allylic oxidation sites excluding steroid dienone is 2. The van der Waals surface area contributed by atoms with Crippen LogP contribution in [0.15, 0.2) is 54.5 Å². The van der Waals surface area contributed by atoms with Gasteiger partial charge in [-0.15, -0.1) is 0 Å². The lowest BCUT2D eigenvalue weighted by Crippen LogP contribution is -1.86. The van der Waals surface area contributed by atoms with Crippen molar-refractivity contribution in [2.75, 3.05) is 0 Å². The Balaban J connectivity index is 2.25. The number of aliphatic imine (C=N–C) groups is 2. The molecule has 0 atom stereocenters. The molecule has 2 aromatic heterocycles. The van der Waals surface area contributed by atoms with E-state index in [1.807, 2.05) is 12.1 Å². The van der Waals surface area contributed by atoms with Crippen molar-refractivity contribution in [3.05, 3.63) is 58.7 Å². The van der Waals surface area contributed by atoms with E-state index in [1.165, 1.54) is 12.4 Å². The molecule has 6 nitrogen and oxygen atoms in total. The van der Waals surface area contributed by atoms with Crippen LogP contribution in [0, 0.1) is 36.5 Å². The first-order chi connectivity index (χ1) is 10.6. The molecule has 6 heteroatoms. The zero-order valence-electron chi connectivity index (χ0n) is 12.1. The molecule has 2 heterocycles. The number of nitrogens with zero attached hydrogens (tertiary/aromatic N) is 4. The zero-order chi connectivity index (χ0) is 15.9. The van der Waals surface area contributed by atoms with Crippen LogP contribution >= 0.6 is 0 Å². The van der Waals surface area contributed by atoms with E-state index in [1.54, 1.807) is 38.1 Å². The van der Waals surface area contributed by atoms with Crippen LogP contribution in [0.25, 0.3) is 0 Å². The zero-order valence-corrected chi connectivity index (χ0v) is 12.1. The second-order valence-electron chi connectivity index (χ2n) is 4.33. The van der Waals surface area contributed by atoms with Crippen molar-refractivity contribution in [1.82, 2.24) is 0 Å². The lowest BCUT2D eigenvalue weighted by Gasteiger charge is -1.91. The molecular weight excluding hydrogens is 280 g/mol. The van der Waals surface area contributed by atoms with Crippen LogP contribution in [-0.4, -0.2) is 12.4 Å². The number of nitriles is 2. The van der Waals surface area contributed by atoms with E-state index < -0.39 is 0 Å². The minimum atomic E-state index is -0.101. The molecule has 0 aliphatic carbocycles. The van der Waals surface area contributed by atoms with E-state index in [2.05, 4.69) is 9.98 Å². The van der Waals surface area contributed by atoms with Crippen molar-refractivity contribution in [2.45, 2.75) is 13.8 Å². The summed E-state index contributed by atoms with van der Waals surface area (Å²) in [7, 11) is 0. The smallest absolute Gasteiger partial charge is 0.177 e. The summed E-state index contributed by atoms with van der Waals surface area (Å²) < 4.78 is 10.6. The summed E-state index contributed by atoms with van der Waals surface area (Å²) in [5.74, 6) is 2.45. The molecule has 2 aromatic rings. The highest BCUT2D eigenvalue weighted by Crippen LogP contribution is 2.10. The maximum Gasteiger partial charge on any atom is 0.177 e. The third-order valence-corrected chi connectivity index (χ3v) is 2.60. The van der Waals surface area contributed by atoms with Gasteiger partial charge in [-0.25, -0.2) is 9.98 Å². The molecule has 0 bridgehead atoms. The lowest BCUT2D eigenvalue weighted by atomic mass is 10.3. The fourth-order valence-corrected chi connectivity index (χ4v) is 1.59. The predicted molar refractivity (Wildman–Crippen MR) is 80.3 cm³/mol. The quantitative estimate of drug-likeness (QED) is 0.637. The number of furan rings is 2. The number of rotatable bonds is 4. The van der Waals surface area contributed by atoms with E-state index in [0.29, 0.717) is 11.5 Å². The summed E-state index contributed by atoms with van der Waals surface area (Å²) in [5, 5.41) is 18.2. The largest absolute Gasteiger partial charge is 0.460 e. The van der Waals surface area contributed by atoms with Gasteiger partial charge in [0.25, 0.3) is 0 Å². The monoisotopic (exact) mass is 292 g/mol. The molecule has 0 saturated heterocycles. The summed E-state index contributed by atoms with van der Waals surface area (Å²) in [6.07, 6.45) is 2.74. The minimum absolute atomic E-state index is 0.101. The van der Waals surface area contributed by atoms with E-state index in [9.17, 15) is 0 Å². The fourth-order valence-electron chi connectivity index (χ4n) is 1.59. The maximum atomic E-state index is 9.11. The summed E-state index contributed by atoms with van der Waals surface area (Å²) in [6, 6.07) is 10.7. The normalized spacial score (nSPS) is 12.4. The van der Waals surface area contributed by atoms with Gasteiger partial charge in [0.1, 0.15) is 35.2 Å². The third-order valence-electron chi connectivity index (χ3n) is 2.60. The first-order valence-corrected chi connectivity index (χ1v) is 6.38. The number of hydrogen-bond acceptors (Lipinski definition) is 6. The van der Waals surface area contributed by atoms with Gasteiger partial charge >= 0.3 is 0 Å². The standard InChI is InChI=1S/C16H12N4O2/c1-11-3-5-13(21-11)9-19-15(7-17)16(8-18)20-10-14-6-4-12(2)22-14/h3-6,9-10H,1-2H3/b16-15+,19-9?,20-10?. The molecule has 0 spiro atoms. The van der Waals surface area contributed by atoms with Crippen LogP contribution in [0.5, 0.6) is 0 Å². The molecule has 108 valence electrons. The molecule has 0 fully saturated rings. The Morgan fingerprint density at radius 1 is 0.864 bits per heavy atom. The van der Waals surface area contributed by atoms with Gasteiger partial charge < -0.3 is 8.83 Å². The lowest BCUT2D eigenvalue weighted by molar-refractivity contribution is 0.527. The second-order valence-corrected chi connectivity index (χ2v) is 4.33. The van der Waals surface area contributed by atoms with Crippen LogP contribution in [0.1, 0.15) is 23.0 Å². The second kappa shape index (κ2) is 6.87. The first kappa shape index (κ1) is 15.0. The van der Waals surface area contributed by atoms with Crippen molar-refractivity contribution in [3.63, 3.8) is 0 Å². The minimum Gasteiger partial charge on any atom is -0.460 e. The number of aryl methyl sites for hydroxylation is 2. The molecule has 2 rings (SSSR count). The van der Waals surface area contributed by atoms with Crippen LogP contribution in [-0.2, 0) is 0 Å². The highest BCUT2D eigenvalue weighted by atomic mass is 16.3. The summed E-state index contributed by atoms with van der Waals surface area (Å²) in [5.41, 5.74) is -0.202. The van der Waals surface area contributed by atoms with Gasteiger partial charge in [-0.2, -0.15) is 10.5 Å². The average molecular weight is 292 g/mol. The van der Waals surface area contributed by atoms with Gasteiger partial charge in [0.15, 0.2) is 11.4 Å². The SMILES string of the molecule is Cc1ccc(C=N/C(C#N)=C(\C#N)N=Cc2ccc(C)o2)o1. The third kappa shape index (κ3) is 3.81. The maximum absolute atomic E-state index is 9.11. The first-order valence-electron chi connectivity index (χ1n) is 6.38. The van der Waals surface area contributed by atoms with E-state index in [0.717, 1.165) is 11.5 Å². The van der Waals surface area contributed by atoms with Gasteiger partial charge in [-0.3, -0.25) is 0 Å². The molecule has 0 saturated carbocycles. The van der Waals surface area contributed by atoms with Crippen LogP contribution in [0.2, 0.25) is 0 Å². The van der Waals surface area contributed by atoms with E-state index in [-0.39, 0.29) is 11.4 Å². The van der Waals surface area contributed by atoms with Crippen molar-refractivity contribution < 1.29 is 8.83 Å². The highest BCUT2D eigenvalue weighted by molar-refractivity contribution is 5.79. The Kier molecular flexibility index (Phi) is 4.69. The van der Waals surface area contributed by atoms with Crippen molar-refractivity contribution >= 4 is 12.4 Å². The van der Waals surface area contributed by atoms with Crippen LogP contribution in [0.4, 0.5) is 0 Å². The van der Waals surface area contributed by atoms with Gasteiger partial charge in [0.2, 0.25) is 0 Å². The van der Waals surface area contributed by atoms with Crippen molar-refractivity contribution in [1.29, 1.82) is 10.5 Å². The molecule has 0 N–H and O–H groups in total. The Labute approximate surface area is 127 Å². The molecule has 0 aliphatic heterocycles. The average Bonchev–Trinajstić information content (AvgIpc) is 3.11. The van der Waals surface area contributed by atoms with Gasteiger partial charge in [-0.1, -0.05) is 0 Å². The number of hydrogen-bond donors (Lipinski definition) is 0. The molecule has 22 heavy (non-hydrogen) atoms. The molecule has 0 aromatic carbocycles. The van der Waals surface area contributed by atoms with Crippen molar-refractivity contribution in [2.24, 2.45) is 9.98 Å². The summed E-state index contributed by atoms with van der Waals surface area (Å²) in [4.78, 5) is 7.89. The Bertz CT molecular complexity index is 768. The van der Waals surface area contributed by atoms with E-state index >= 15 is 0 Å². The molecule has 0 aliphatic rings. The topological polar surface area (TPSA) is 98.6 Å². The van der Waals surface area contributed by atoms with Crippen molar-refractivity contribution in [3.8, 4) is 12.1 Å². The fraction of sp³-hybridized carbons (Fsp3) is 0.125. The summed E-state index contributed by atoms with van der Waals surface area (Å²) in [6.45, 7) is 3.60. The molecular formula is C16H12N4O2. The van der Waals surface area contributed by atoms with Crippen LogP contribution in [0.3, 0.4) is 0 Å². The Hall–Kier alpha value is -3.38. The van der Waals surface area contributed by atoms with Gasteiger partial charge in [-0.05, 0) is 38.1 Å². The Morgan fingerprint density at radius 2 is 1.27 bits per heavy atom. The predicted octanol–water partition coefficient (Wildman–Crippen LogP) is 3.29. The van der Waals surface area contributed by atoms with Gasteiger partial charge in [0, 0.05) is 0 Å². The highest BCUT2D eigenvalue weighted by Gasteiger charge is 2.04. The molecule has 0 radical (unpaired) electrons. The van der Waals surface area contributed by atoms with E-state index in [4.69, 9.17) is 19.4 Å².